The Bertz CT molecular complexity index is 1170. The number of carboxylic acids is 1. The van der Waals surface area contributed by atoms with Crippen LogP contribution in [0.1, 0.15) is 36.4 Å². The van der Waals surface area contributed by atoms with Crippen LogP contribution in [0, 0.1) is 0 Å². The van der Waals surface area contributed by atoms with Crippen molar-refractivity contribution in [2.45, 2.75) is 37.8 Å². The van der Waals surface area contributed by atoms with E-state index < -0.39 is 42.9 Å². The number of ether oxygens (including phenoxy) is 1. The molecule has 1 aromatic heterocycles. The van der Waals surface area contributed by atoms with Crippen molar-refractivity contribution in [3.05, 3.63) is 62.7 Å². The Kier molecular flexibility index (Phi) is 7.48. The molecule has 186 valence electrons. The number of aromatic nitrogens is 1. The zero-order valence-electron chi connectivity index (χ0n) is 18.7. The number of hydrogen-bond acceptors (Lipinski definition) is 8. The Morgan fingerprint density at radius 2 is 2.14 bits per heavy atom. The zero-order valence-corrected chi connectivity index (χ0v) is 20.3. The summed E-state index contributed by atoms with van der Waals surface area (Å²) in [4.78, 5) is 35.1. The van der Waals surface area contributed by atoms with E-state index in [1.54, 1.807) is 42.8 Å². The van der Waals surface area contributed by atoms with Crippen LogP contribution in [0.4, 0.5) is 8.78 Å². The number of rotatable bonds is 7. The second kappa shape index (κ2) is 10.4. The number of hydrogen-bond donors (Lipinski definition) is 2. The third-order valence-electron chi connectivity index (χ3n) is 5.76. The van der Waals surface area contributed by atoms with E-state index in [9.17, 15) is 23.5 Å². The third-order valence-corrected chi connectivity index (χ3v) is 6.89. The number of amidine groups is 1. The fourth-order valence-electron chi connectivity index (χ4n) is 4.21. The monoisotopic (exact) mass is 524 g/mol. The lowest BCUT2D eigenvalue weighted by atomic mass is 9.94. The van der Waals surface area contributed by atoms with Crippen LogP contribution in [0.25, 0.3) is 0 Å². The highest BCUT2D eigenvalue weighted by Crippen LogP contribution is 2.37. The molecule has 3 heterocycles. The van der Waals surface area contributed by atoms with Crippen molar-refractivity contribution in [3.63, 3.8) is 0 Å². The number of likely N-dealkylation sites (tertiary alicyclic amines) is 1. The lowest BCUT2D eigenvalue weighted by Gasteiger charge is -2.38. The molecule has 12 heteroatoms. The van der Waals surface area contributed by atoms with E-state index >= 15 is 0 Å². The van der Waals surface area contributed by atoms with Crippen LogP contribution in [-0.2, 0) is 14.3 Å². The molecule has 0 aliphatic carbocycles. The highest BCUT2D eigenvalue weighted by atomic mass is 35.5. The van der Waals surface area contributed by atoms with Crippen molar-refractivity contribution < 1.29 is 28.2 Å². The molecule has 0 amide bonds. The summed E-state index contributed by atoms with van der Waals surface area (Å²) >= 11 is 7.75. The van der Waals surface area contributed by atoms with Crippen LogP contribution in [0.3, 0.4) is 0 Å². The lowest BCUT2D eigenvalue weighted by molar-refractivity contribution is -0.151. The van der Waals surface area contributed by atoms with Crippen LogP contribution in [-0.4, -0.2) is 64.4 Å². The average molecular weight is 525 g/mol. The number of nitrogens with zero attached hydrogens (tertiary/aromatic N) is 3. The smallest absolute Gasteiger partial charge is 0.338 e. The topological polar surface area (TPSA) is 104 Å². The normalized spacial score (nSPS) is 22.3. The molecular formula is C23H23ClF2N4O4S. The minimum atomic E-state index is -3.06. The van der Waals surface area contributed by atoms with Gasteiger partial charge in [0.2, 0.25) is 0 Å². The summed E-state index contributed by atoms with van der Waals surface area (Å²) in [5.74, 6) is -4.63. The van der Waals surface area contributed by atoms with Crippen molar-refractivity contribution in [2.24, 2.45) is 4.99 Å². The van der Waals surface area contributed by atoms with Crippen LogP contribution in [0.2, 0.25) is 5.02 Å². The lowest BCUT2D eigenvalue weighted by Crippen LogP contribution is -2.54. The van der Waals surface area contributed by atoms with Crippen LogP contribution >= 0.6 is 22.9 Å². The Morgan fingerprint density at radius 1 is 1.37 bits per heavy atom. The van der Waals surface area contributed by atoms with Gasteiger partial charge in [0.1, 0.15) is 12.1 Å². The van der Waals surface area contributed by atoms with Crippen molar-refractivity contribution in [1.29, 1.82) is 0 Å². The summed E-state index contributed by atoms with van der Waals surface area (Å²) in [7, 11) is 0. The number of halogens is 3. The van der Waals surface area contributed by atoms with Gasteiger partial charge >= 0.3 is 11.9 Å². The van der Waals surface area contributed by atoms with Gasteiger partial charge < -0.3 is 15.2 Å². The number of piperidine rings is 1. The van der Waals surface area contributed by atoms with E-state index in [-0.39, 0.29) is 30.8 Å². The summed E-state index contributed by atoms with van der Waals surface area (Å²) in [5, 5.41) is 15.3. The second-order valence-corrected chi connectivity index (χ2v) is 9.43. The molecule has 2 unspecified atom stereocenters. The molecule has 0 radical (unpaired) electrons. The number of carbonyl (C=O) groups is 2. The molecular weight excluding hydrogens is 502 g/mol. The number of alkyl halides is 2. The number of carbonyl (C=O) groups excluding carboxylic acids is 1. The first kappa shape index (κ1) is 25.2. The molecule has 2 N–H and O–H groups in total. The van der Waals surface area contributed by atoms with E-state index in [0.717, 1.165) is 0 Å². The number of aliphatic imine (C=N–C) groups is 1. The van der Waals surface area contributed by atoms with Gasteiger partial charge in [-0.1, -0.05) is 29.8 Å². The minimum Gasteiger partial charge on any atom is -0.480 e. The van der Waals surface area contributed by atoms with Crippen molar-refractivity contribution in [3.8, 4) is 0 Å². The Balaban J connectivity index is 1.83. The van der Waals surface area contributed by atoms with Gasteiger partial charge in [-0.3, -0.25) is 14.7 Å². The van der Waals surface area contributed by atoms with Crippen LogP contribution < -0.4 is 5.32 Å². The Labute approximate surface area is 209 Å². The van der Waals surface area contributed by atoms with E-state index in [1.807, 2.05) is 0 Å². The average Bonchev–Trinajstić information content (AvgIpc) is 3.33. The third kappa shape index (κ3) is 5.52. The second-order valence-electron chi connectivity index (χ2n) is 8.13. The molecule has 2 aliphatic rings. The highest BCUT2D eigenvalue weighted by Gasteiger charge is 2.44. The first-order chi connectivity index (χ1) is 16.7. The summed E-state index contributed by atoms with van der Waals surface area (Å²) < 4.78 is 33.9. The minimum absolute atomic E-state index is 0.0768. The fourth-order valence-corrected chi connectivity index (χ4v) is 5.03. The predicted molar refractivity (Wildman–Crippen MR) is 127 cm³/mol. The predicted octanol–water partition coefficient (Wildman–Crippen LogP) is 3.89. The molecule has 0 saturated carbocycles. The van der Waals surface area contributed by atoms with E-state index in [4.69, 9.17) is 21.3 Å². The van der Waals surface area contributed by atoms with Crippen LogP contribution in [0.5, 0.6) is 0 Å². The van der Waals surface area contributed by atoms with Gasteiger partial charge in [-0.05, 0) is 19.4 Å². The number of nitrogens with one attached hydrogen (secondary N) is 1. The zero-order chi connectivity index (χ0) is 25.2. The van der Waals surface area contributed by atoms with Gasteiger partial charge in [0.15, 0.2) is 10.8 Å². The fraction of sp³-hybridized carbons (Fsp3) is 0.391. The summed E-state index contributed by atoms with van der Waals surface area (Å²) in [6.07, 6.45) is 0.849. The van der Waals surface area contributed by atoms with Gasteiger partial charge in [0, 0.05) is 40.8 Å². The maximum Gasteiger partial charge on any atom is 0.338 e. The van der Waals surface area contributed by atoms with Crippen LogP contribution in [0.15, 0.2) is 52.1 Å². The summed E-state index contributed by atoms with van der Waals surface area (Å²) in [5.41, 5.74) is 0.819. The molecule has 2 aliphatic heterocycles. The molecule has 1 saturated heterocycles. The first-order valence-electron chi connectivity index (χ1n) is 10.9. The molecule has 1 fully saturated rings. The molecule has 35 heavy (non-hydrogen) atoms. The quantitative estimate of drug-likeness (QED) is 0.529. The molecule has 4 rings (SSSR count). The van der Waals surface area contributed by atoms with E-state index in [0.29, 0.717) is 21.4 Å². The Hall–Kier alpha value is -2.89. The van der Waals surface area contributed by atoms with Crippen molar-refractivity contribution >= 4 is 40.7 Å². The first-order valence-corrected chi connectivity index (χ1v) is 12.2. The number of carboxylic acid groups (broad SMARTS) is 1. The molecule has 2 atom stereocenters. The Morgan fingerprint density at radius 3 is 2.80 bits per heavy atom. The van der Waals surface area contributed by atoms with Gasteiger partial charge in [-0.2, -0.15) is 0 Å². The maximum atomic E-state index is 14.3. The van der Waals surface area contributed by atoms with Crippen molar-refractivity contribution in [2.75, 3.05) is 19.7 Å². The summed E-state index contributed by atoms with van der Waals surface area (Å²) in [6, 6.07) is 4.81. The van der Waals surface area contributed by atoms with Gasteiger partial charge in [-0.15, -0.1) is 11.3 Å². The SMILES string of the molecule is CCOC(=O)C1=C(CN2CC(F)(F)CCC2C(=O)O)NC(c2nccs2)=NC1c1ccccc1Cl. The standard InChI is InChI=1S/C23H23ClF2N4O4S/c1-2-34-22(33)17-15(11-30-12-23(25,26)8-7-16(30)21(31)32)28-19(20-27-9-10-35-20)29-18(17)13-5-3-4-6-14(13)24/h3-6,9-10,16,18H,2,7-8,11-12H2,1H3,(H,28,29)(H,31,32). The largest absolute Gasteiger partial charge is 0.480 e. The van der Waals surface area contributed by atoms with Gasteiger partial charge in [-0.25, -0.2) is 18.6 Å². The molecule has 0 spiro atoms. The number of esters is 1. The molecule has 1 aromatic carbocycles. The maximum absolute atomic E-state index is 14.3. The van der Waals surface area contributed by atoms with Crippen molar-refractivity contribution in [1.82, 2.24) is 15.2 Å². The molecule has 2 aromatic rings. The summed E-state index contributed by atoms with van der Waals surface area (Å²) in [6.45, 7) is 0.708. The number of benzene rings is 1. The molecule has 8 nitrogen and oxygen atoms in total. The van der Waals surface area contributed by atoms with Gasteiger partial charge in [0.25, 0.3) is 5.92 Å². The van der Waals surface area contributed by atoms with E-state index in [1.165, 1.54) is 16.2 Å². The highest BCUT2D eigenvalue weighted by molar-refractivity contribution is 7.11. The molecule has 0 bridgehead atoms. The number of aliphatic carboxylic acids is 1. The van der Waals surface area contributed by atoms with Gasteiger partial charge in [0.05, 0.1) is 18.7 Å². The number of thiazole rings is 1. The van der Waals surface area contributed by atoms with E-state index in [2.05, 4.69) is 10.3 Å².